The normalized spacial score (nSPS) is 14.3. The van der Waals surface area contributed by atoms with Crippen molar-refractivity contribution in [3.05, 3.63) is 46.8 Å². The van der Waals surface area contributed by atoms with E-state index in [9.17, 15) is 4.79 Å². The van der Waals surface area contributed by atoms with Crippen LogP contribution in [0.5, 0.6) is 5.75 Å². The molecule has 0 saturated heterocycles. The van der Waals surface area contributed by atoms with Crippen LogP contribution in [0.2, 0.25) is 0 Å². The molecular weight excluding hydrogens is 326 g/mol. The van der Waals surface area contributed by atoms with E-state index in [0.29, 0.717) is 18.2 Å². The van der Waals surface area contributed by atoms with Crippen LogP contribution >= 0.6 is 0 Å². The smallest absolute Gasteiger partial charge is 0.269 e. The van der Waals surface area contributed by atoms with E-state index >= 15 is 0 Å². The maximum absolute atomic E-state index is 12.8. The van der Waals surface area contributed by atoms with Gasteiger partial charge in [0, 0.05) is 12.5 Å². The van der Waals surface area contributed by atoms with Crippen molar-refractivity contribution in [3.63, 3.8) is 0 Å². The molecule has 1 aromatic carbocycles. The van der Waals surface area contributed by atoms with E-state index in [2.05, 4.69) is 39.1 Å². The first-order valence-corrected chi connectivity index (χ1v) is 9.31. The third kappa shape index (κ3) is 4.09. The van der Waals surface area contributed by atoms with Crippen molar-refractivity contribution in [2.24, 2.45) is 0 Å². The van der Waals surface area contributed by atoms with Crippen molar-refractivity contribution in [2.45, 2.75) is 58.4 Å². The molecule has 0 spiro atoms. The molecule has 1 aliphatic rings. The standard InChI is InChI=1S/C21H29N3O2/c1-14-6-9-19(26-5)16(12-14)10-11-22-20(25)18-13-17(15-7-8-15)23-24(18)21(2,3)4/h6,9,12-13,15H,7-8,10-11H2,1-5H3,(H,22,25). The number of aromatic nitrogens is 2. The Labute approximate surface area is 155 Å². The average molecular weight is 355 g/mol. The minimum Gasteiger partial charge on any atom is -0.496 e. The molecule has 1 heterocycles. The van der Waals surface area contributed by atoms with E-state index in [-0.39, 0.29) is 11.4 Å². The highest BCUT2D eigenvalue weighted by Crippen LogP contribution is 2.40. The van der Waals surface area contributed by atoms with Crippen LogP contribution in [0.4, 0.5) is 0 Å². The Morgan fingerprint density at radius 1 is 1.31 bits per heavy atom. The van der Waals surface area contributed by atoms with Gasteiger partial charge in [-0.05, 0) is 64.7 Å². The van der Waals surface area contributed by atoms with Gasteiger partial charge in [0.25, 0.3) is 5.91 Å². The molecule has 3 rings (SSSR count). The number of nitrogens with zero attached hydrogens (tertiary/aromatic N) is 2. The number of benzene rings is 1. The molecule has 0 unspecified atom stereocenters. The number of rotatable bonds is 6. The summed E-state index contributed by atoms with van der Waals surface area (Å²) in [6.45, 7) is 8.84. The second-order valence-electron chi connectivity index (χ2n) is 8.13. The summed E-state index contributed by atoms with van der Waals surface area (Å²) in [6.07, 6.45) is 3.08. The van der Waals surface area contributed by atoms with Crippen molar-refractivity contribution in [1.29, 1.82) is 0 Å². The van der Waals surface area contributed by atoms with Gasteiger partial charge in [-0.15, -0.1) is 0 Å². The molecule has 5 heteroatoms. The highest BCUT2D eigenvalue weighted by molar-refractivity contribution is 5.92. The van der Waals surface area contributed by atoms with Crippen LogP contribution < -0.4 is 10.1 Å². The first-order valence-electron chi connectivity index (χ1n) is 9.31. The SMILES string of the molecule is COc1ccc(C)cc1CCNC(=O)c1cc(C2CC2)nn1C(C)(C)C. The summed E-state index contributed by atoms with van der Waals surface area (Å²) in [5, 5.41) is 7.75. The van der Waals surface area contributed by atoms with Gasteiger partial charge in [-0.3, -0.25) is 9.48 Å². The number of ether oxygens (including phenoxy) is 1. The maximum Gasteiger partial charge on any atom is 0.269 e. The number of carbonyl (C=O) groups excluding carboxylic acids is 1. The largest absolute Gasteiger partial charge is 0.496 e. The molecule has 0 bridgehead atoms. The van der Waals surface area contributed by atoms with Gasteiger partial charge in [0.05, 0.1) is 18.3 Å². The van der Waals surface area contributed by atoms with Gasteiger partial charge in [0.2, 0.25) is 0 Å². The molecule has 1 amide bonds. The van der Waals surface area contributed by atoms with Crippen LogP contribution in [0, 0.1) is 6.92 Å². The first-order chi connectivity index (χ1) is 12.3. The van der Waals surface area contributed by atoms with Crippen LogP contribution in [0.25, 0.3) is 0 Å². The number of amides is 1. The lowest BCUT2D eigenvalue weighted by atomic mass is 10.1. The van der Waals surface area contributed by atoms with Gasteiger partial charge in [-0.25, -0.2) is 0 Å². The van der Waals surface area contributed by atoms with Gasteiger partial charge in [-0.1, -0.05) is 17.7 Å². The molecule has 1 aliphatic carbocycles. The molecule has 1 aromatic heterocycles. The van der Waals surface area contributed by atoms with Gasteiger partial charge in [0.15, 0.2) is 0 Å². The molecule has 1 saturated carbocycles. The summed E-state index contributed by atoms with van der Waals surface area (Å²) in [5.74, 6) is 1.33. The molecule has 0 aliphatic heterocycles. The fraction of sp³-hybridized carbons (Fsp3) is 0.524. The zero-order valence-corrected chi connectivity index (χ0v) is 16.4. The van der Waals surface area contributed by atoms with E-state index in [0.717, 1.165) is 23.4 Å². The summed E-state index contributed by atoms with van der Waals surface area (Å²) in [7, 11) is 1.67. The van der Waals surface area contributed by atoms with E-state index in [1.54, 1.807) is 7.11 Å². The summed E-state index contributed by atoms with van der Waals surface area (Å²) < 4.78 is 7.28. The predicted octanol–water partition coefficient (Wildman–Crippen LogP) is 3.81. The van der Waals surface area contributed by atoms with Crippen LogP contribution in [0.15, 0.2) is 24.3 Å². The summed E-state index contributed by atoms with van der Waals surface area (Å²) in [6, 6.07) is 8.08. The van der Waals surface area contributed by atoms with Gasteiger partial charge >= 0.3 is 0 Å². The molecule has 1 fully saturated rings. The molecule has 2 aromatic rings. The predicted molar refractivity (Wildman–Crippen MR) is 103 cm³/mol. The lowest BCUT2D eigenvalue weighted by Crippen LogP contribution is -2.33. The number of methoxy groups -OCH3 is 1. The second-order valence-corrected chi connectivity index (χ2v) is 8.13. The Balaban J connectivity index is 1.70. The number of aryl methyl sites for hydroxylation is 1. The van der Waals surface area contributed by atoms with Crippen molar-refractivity contribution in [1.82, 2.24) is 15.1 Å². The van der Waals surface area contributed by atoms with Crippen LogP contribution in [0.1, 0.15) is 66.8 Å². The Hall–Kier alpha value is -2.30. The average Bonchev–Trinajstić information content (AvgIpc) is 3.32. The highest BCUT2D eigenvalue weighted by Gasteiger charge is 2.31. The van der Waals surface area contributed by atoms with E-state index in [4.69, 9.17) is 9.84 Å². The summed E-state index contributed by atoms with van der Waals surface area (Å²) >= 11 is 0. The van der Waals surface area contributed by atoms with Crippen molar-refractivity contribution in [3.8, 4) is 5.75 Å². The molecule has 26 heavy (non-hydrogen) atoms. The Morgan fingerprint density at radius 2 is 2.04 bits per heavy atom. The van der Waals surface area contributed by atoms with E-state index < -0.39 is 0 Å². The lowest BCUT2D eigenvalue weighted by Gasteiger charge is -2.22. The van der Waals surface area contributed by atoms with Crippen molar-refractivity contribution in [2.75, 3.05) is 13.7 Å². The van der Waals surface area contributed by atoms with Crippen molar-refractivity contribution < 1.29 is 9.53 Å². The Morgan fingerprint density at radius 3 is 2.65 bits per heavy atom. The highest BCUT2D eigenvalue weighted by atomic mass is 16.5. The zero-order chi connectivity index (χ0) is 18.9. The Bertz CT molecular complexity index is 798. The monoisotopic (exact) mass is 355 g/mol. The molecule has 140 valence electrons. The quantitative estimate of drug-likeness (QED) is 0.857. The van der Waals surface area contributed by atoms with E-state index in [1.807, 2.05) is 22.9 Å². The molecule has 0 radical (unpaired) electrons. The summed E-state index contributed by atoms with van der Waals surface area (Å²) in [4.78, 5) is 12.8. The van der Waals surface area contributed by atoms with Crippen molar-refractivity contribution >= 4 is 5.91 Å². The third-order valence-electron chi connectivity index (χ3n) is 4.71. The molecule has 0 atom stereocenters. The van der Waals surface area contributed by atoms with Crippen LogP contribution in [-0.2, 0) is 12.0 Å². The summed E-state index contributed by atoms with van der Waals surface area (Å²) in [5.41, 5.74) is 3.77. The number of hydrogen-bond donors (Lipinski definition) is 1. The van der Waals surface area contributed by atoms with Crippen LogP contribution in [0.3, 0.4) is 0 Å². The van der Waals surface area contributed by atoms with Gasteiger partial charge in [0.1, 0.15) is 11.4 Å². The maximum atomic E-state index is 12.8. The first kappa shape index (κ1) is 18.5. The molecule has 1 N–H and O–H groups in total. The van der Waals surface area contributed by atoms with Gasteiger partial charge < -0.3 is 10.1 Å². The van der Waals surface area contributed by atoms with E-state index in [1.165, 1.54) is 18.4 Å². The third-order valence-corrected chi connectivity index (χ3v) is 4.71. The fourth-order valence-corrected chi connectivity index (χ4v) is 3.16. The lowest BCUT2D eigenvalue weighted by molar-refractivity contribution is 0.0935. The number of carbonyl (C=O) groups is 1. The molecule has 5 nitrogen and oxygen atoms in total. The molecular formula is C21H29N3O2. The zero-order valence-electron chi connectivity index (χ0n) is 16.4. The second kappa shape index (κ2) is 7.14. The number of hydrogen-bond acceptors (Lipinski definition) is 3. The number of nitrogens with one attached hydrogen (secondary N) is 1. The minimum absolute atomic E-state index is 0.0639. The fourth-order valence-electron chi connectivity index (χ4n) is 3.16. The Kier molecular flexibility index (Phi) is 5.08. The topological polar surface area (TPSA) is 56.1 Å². The van der Waals surface area contributed by atoms with Gasteiger partial charge in [-0.2, -0.15) is 5.10 Å². The minimum atomic E-state index is -0.223. The van der Waals surface area contributed by atoms with Crippen LogP contribution in [-0.4, -0.2) is 29.3 Å².